The number of Topliss-reactive ketones (excluding diaryl/α,β-unsaturated/α-hetero) is 2. The van der Waals surface area contributed by atoms with Crippen LogP contribution in [0.1, 0.15) is 36.5 Å². The maximum atomic E-state index is 13.2. The number of rotatable bonds is 3. The zero-order chi connectivity index (χ0) is 20.7. The number of fused-ring (bicyclic) bond motifs is 2. The van der Waals surface area contributed by atoms with Gasteiger partial charge in [0.25, 0.3) is 5.91 Å². The minimum Gasteiger partial charge on any atom is -0.506 e. The average Bonchev–Trinajstić information content (AvgIpc) is 2.64. The summed E-state index contributed by atoms with van der Waals surface area (Å²) in [5.41, 5.74) is -2.85. The minimum atomic E-state index is -4.66. The summed E-state index contributed by atoms with van der Waals surface area (Å²) < 4.78 is 44.8. The molecule has 28 heavy (non-hydrogen) atoms. The Labute approximate surface area is 158 Å². The maximum Gasteiger partial charge on any atom is 0.416 e. The van der Waals surface area contributed by atoms with Crippen molar-refractivity contribution in [1.82, 2.24) is 5.32 Å². The van der Waals surface area contributed by atoms with Crippen LogP contribution in [-0.2, 0) is 30.7 Å². The van der Waals surface area contributed by atoms with Gasteiger partial charge in [0.2, 0.25) is 0 Å². The summed E-state index contributed by atoms with van der Waals surface area (Å²) in [5, 5.41) is 12.8. The smallest absolute Gasteiger partial charge is 0.416 e. The lowest BCUT2D eigenvalue weighted by Crippen LogP contribution is -2.48. The van der Waals surface area contributed by atoms with Gasteiger partial charge in [0.1, 0.15) is 17.1 Å². The molecule has 1 fully saturated rings. The van der Waals surface area contributed by atoms with Gasteiger partial charge in [0, 0.05) is 18.8 Å². The van der Waals surface area contributed by atoms with Crippen molar-refractivity contribution in [1.29, 1.82) is 0 Å². The molecule has 0 atom stereocenters. The van der Waals surface area contributed by atoms with Crippen LogP contribution in [-0.4, -0.2) is 42.3 Å². The maximum absolute atomic E-state index is 13.2. The number of aliphatic hydroxyl groups is 1. The zero-order valence-corrected chi connectivity index (χ0v) is 15.0. The van der Waals surface area contributed by atoms with Gasteiger partial charge >= 0.3 is 6.18 Å². The quantitative estimate of drug-likeness (QED) is 0.764. The third-order valence-electron chi connectivity index (χ3n) is 5.09. The molecule has 1 aliphatic heterocycles. The van der Waals surface area contributed by atoms with E-state index in [0.717, 1.165) is 12.1 Å². The van der Waals surface area contributed by atoms with E-state index in [9.17, 15) is 32.7 Å². The first-order valence-corrected chi connectivity index (χ1v) is 8.63. The number of aliphatic hydroxyl groups excluding tert-OH is 1. The van der Waals surface area contributed by atoms with Gasteiger partial charge in [-0.1, -0.05) is 6.07 Å². The summed E-state index contributed by atoms with van der Waals surface area (Å²) in [7, 11) is 0. The second kappa shape index (κ2) is 7.05. The molecule has 0 aromatic heterocycles. The largest absolute Gasteiger partial charge is 0.506 e. The van der Waals surface area contributed by atoms with Gasteiger partial charge in [-0.2, -0.15) is 13.2 Å². The summed E-state index contributed by atoms with van der Waals surface area (Å²) in [6.45, 7) is 1.24. The Bertz CT molecular complexity index is 882. The lowest BCUT2D eigenvalue weighted by Gasteiger charge is -2.40. The Hall–Kier alpha value is -2.68. The molecule has 1 aliphatic carbocycles. The van der Waals surface area contributed by atoms with E-state index < -0.39 is 40.2 Å². The molecular weight excluding hydrogens is 379 g/mol. The van der Waals surface area contributed by atoms with Crippen LogP contribution >= 0.6 is 0 Å². The van der Waals surface area contributed by atoms with E-state index in [1.807, 2.05) is 0 Å². The number of amides is 1. The molecule has 0 unspecified atom stereocenters. The number of halogens is 3. The van der Waals surface area contributed by atoms with Crippen LogP contribution < -0.4 is 5.32 Å². The molecule has 1 aromatic carbocycles. The van der Waals surface area contributed by atoms with Gasteiger partial charge in [-0.25, -0.2) is 0 Å². The summed E-state index contributed by atoms with van der Waals surface area (Å²) in [5.74, 6) is -2.87. The predicted octanol–water partition coefficient (Wildman–Crippen LogP) is 2.31. The molecular formula is C19H18F3NO5. The number of ketones is 2. The minimum absolute atomic E-state index is 0.168. The monoisotopic (exact) mass is 397 g/mol. The Kier molecular flexibility index (Phi) is 5.05. The fourth-order valence-corrected chi connectivity index (χ4v) is 3.66. The molecule has 1 aromatic rings. The summed E-state index contributed by atoms with van der Waals surface area (Å²) in [6, 6.07) is 2.78. The number of alkyl halides is 3. The lowest BCUT2D eigenvalue weighted by atomic mass is 9.64. The van der Waals surface area contributed by atoms with Crippen LogP contribution in [0.3, 0.4) is 0 Å². The van der Waals surface area contributed by atoms with Crippen molar-refractivity contribution >= 4 is 23.2 Å². The highest BCUT2D eigenvalue weighted by Crippen LogP contribution is 2.47. The van der Waals surface area contributed by atoms with Crippen LogP contribution in [0.4, 0.5) is 13.2 Å². The van der Waals surface area contributed by atoms with E-state index in [0.29, 0.717) is 0 Å². The van der Waals surface area contributed by atoms with E-state index in [1.54, 1.807) is 0 Å². The molecule has 2 N–H and O–H groups in total. The van der Waals surface area contributed by atoms with Gasteiger partial charge < -0.3 is 15.2 Å². The van der Waals surface area contributed by atoms with Crippen molar-refractivity contribution in [3.63, 3.8) is 0 Å². The summed E-state index contributed by atoms with van der Waals surface area (Å²) >= 11 is 0. The fourth-order valence-electron chi connectivity index (χ4n) is 3.66. The number of hydrogen-bond donors (Lipinski definition) is 2. The highest BCUT2D eigenvalue weighted by molar-refractivity contribution is 6.28. The third kappa shape index (κ3) is 3.30. The molecule has 1 heterocycles. The number of benzene rings is 1. The molecule has 1 amide bonds. The van der Waals surface area contributed by atoms with E-state index in [-0.39, 0.29) is 49.5 Å². The Morgan fingerprint density at radius 1 is 1.25 bits per heavy atom. The lowest BCUT2D eigenvalue weighted by molar-refractivity contribution is -0.137. The van der Waals surface area contributed by atoms with Gasteiger partial charge in [0.05, 0.1) is 17.5 Å². The molecule has 0 radical (unpaired) electrons. The predicted molar refractivity (Wildman–Crippen MR) is 91.4 cm³/mol. The number of carbonyl (C=O) groups excluding carboxylic acids is 3. The van der Waals surface area contributed by atoms with Gasteiger partial charge in [-0.3, -0.25) is 14.4 Å². The van der Waals surface area contributed by atoms with Crippen LogP contribution in [0.2, 0.25) is 0 Å². The second-order valence-electron chi connectivity index (χ2n) is 6.89. The molecule has 1 spiro atoms. The highest BCUT2D eigenvalue weighted by Gasteiger charge is 2.50. The van der Waals surface area contributed by atoms with Gasteiger partial charge in [-0.15, -0.1) is 0 Å². The SMILES string of the molecule is CC(=O)CNC(=O)C1=C(O)c2cc(C(F)(F)F)ccc2C2(CCOCC2)C1=O. The van der Waals surface area contributed by atoms with Crippen molar-refractivity contribution in [2.75, 3.05) is 19.8 Å². The molecule has 6 nitrogen and oxygen atoms in total. The average molecular weight is 397 g/mol. The third-order valence-corrected chi connectivity index (χ3v) is 5.09. The zero-order valence-electron chi connectivity index (χ0n) is 15.0. The van der Waals surface area contributed by atoms with Crippen molar-refractivity contribution < 1.29 is 37.4 Å². The molecule has 150 valence electrons. The first-order chi connectivity index (χ1) is 13.1. The number of hydrogen-bond acceptors (Lipinski definition) is 5. The van der Waals surface area contributed by atoms with Gasteiger partial charge in [-0.05, 0) is 37.5 Å². The van der Waals surface area contributed by atoms with E-state index in [4.69, 9.17) is 4.74 Å². The topological polar surface area (TPSA) is 92.7 Å². The Morgan fingerprint density at radius 2 is 1.89 bits per heavy atom. The highest BCUT2D eigenvalue weighted by atomic mass is 19.4. The normalized spacial score (nSPS) is 18.8. The van der Waals surface area contributed by atoms with Gasteiger partial charge in [0.15, 0.2) is 5.78 Å². The summed E-state index contributed by atoms with van der Waals surface area (Å²) in [6.07, 6.45) is -4.32. The van der Waals surface area contributed by atoms with Crippen LogP contribution in [0.15, 0.2) is 23.8 Å². The molecule has 1 saturated heterocycles. The van der Waals surface area contributed by atoms with Crippen molar-refractivity contribution in [3.05, 3.63) is 40.5 Å². The second-order valence-corrected chi connectivity index (χ2v) is 6.89. The molecule has 3 rings (SSSR count). The number of ether oxygens (including phenoxy) is 1. The Balaban J connectivity index is 2.19. The van der Waals surface area contributed by atoms with Crippen LogP contribution in [0.25, 0.3) is 5.76 Å². The molecule has 0 bridgehead atoms. The van der Waals surface area contributed by atoms with Crippen LogP contribution in [0, 0.1) is 0 Å². The molecule has 2 aliphatic rings. The van der Waals surface area contributed by atoms with Crippen molar-refractivity contribution in [3.8, 4) is 0 Å². The fraction of sp³-hybridized carbons (Fsp3) is 0.421. The van der Waals surface area contributed by atoms with Crippen molar-refractivity contribution in [2.45, 2.75) is 31.4 Å². The molecule has 9 heteroatoms. The Morgan fingerprint density at radius 3 is 2.46 bits per heavy atom. The summed E-state index contributed by atoms with van der Waals surface area (Å²) in [4.78, 5) is 36.8. The first-order valence-electron chi connectivity index (χ1n) is 8.63. The standard InChI is InChI=1S/C19H18F3NO5/c1-10(24)9-23-17(27)14-15(25)12-8-11(19(20,21)22)2-3-13(12)18(16(14)26)4-6-28-7-5-18/h2-3,8,25H,4-7,9H2,1H3,(H,23,27). The van der Waals surface area contributed by atoms with E-state index in [1.165, 1.54) is 13.0 Å². The first kappa shape index (κ1) is 20.1. The van der Waals surface area contributed by atoms with E-state index >= 15 is 0 Å². The number of carbonyl (C=O) groups is 3. The molecule has 0 saturated carbocycles. The van der Waals surface area contributed by atoms with E-state index in [2.05, 4.69) is 5.32 Å². The van der Waals surface area contributed by atoms with Crippen molar-refractivity contribution in [2.24, 2.45) is 0 Å². The van der Waals surface area contributed by atoms with Crippen LogP contribution in [0.5, 0.6) is 0 Å². The number of nitrogens with one attached hydrogen (secondary N) is 1.